The highest BCUT2D eigenvalue weighted by atomic mass is 32.2. The Morgan fingerprint density at radius 1 is 1.08 bits per heavy atom. The average Bonchev–Trinajstić information content (AvgIpc) is 3.32. The molecule has 1 aromatic carbocycles. The van der Waals surface area contributed by atoms with E-state index in [4.69, 9.17) is 0 Å². The normalized spacial score (nSPS) is 18.3. The van der Waals surface area contributed by atoms with E-state index in [0.29, 0.717) is 31.7 Å². The molecule has 132 valence electrons. The van der Waals surface area contributed by atoms with Crippen molar-refractivity contribution in [2.75, 3.05) is 19.6 Å². The van der Waals surface area contributed by atoms with Crippen molar-refractivity contribution >= 4 is 27.3 Å². The van der Waals surface area contributed by atoms with Gasteiger partial charge in [0.2, 0.25) is 10.0 Å². The van der Waals surface area contributed by atoms with Crippen LogP contribution >= 0.6 is 11.3 Å². The highest BCUT2D eigenvalue weighted by Gasteiger charge is 2.28. The van der Waals surface area contributed by atoms with E-state index in [2.05, 4.69) is 11.4 Å². The van der Waals surface area contributed by atoms with Crippen LogP contribution in [-0.2, 0) is 23.0 Å². The van der Waals surface area contributed by atoms with E-state index in [1.807, 2.05) is 0 Å². The van der Waals surface area contributed by atoms with Gasteiger partial charge in [-0.2, -0.15) is 4.31 Å². The fourth-order valence-electron chi connectivity index (χ4n) is 3.47. The minimum absolute atomic E-state index is 0.102. The zero-order valence-electron chi connectivity index (χ0n) is 13.8. The van der Waals surface area contributed by atoms with Crippen LogP contribution in [0.3, 0.4) is 0 Å². The molecule has 2 aliphatic rings. The van der Waals surface area contributed by atoms with Gasteiger partial charge in [0.05, 0.1) is 4.90 Å². The number of thiophene rings is 1. The summed E-state index contributed by atoms with van der Waals surface area (Å²) in [6.07, 6.45) is 2.66. The lowest BCUT2D eigenvalue weighted by Crippen LogP contribution is -2.35. The molecule has 2 aliphatic heterocycles. The van der Waals surface area contributed by atoms with E-state index >= 15 is 0 Å². The molecule has 0 N–H and O–H groups in total. The number of sulfonamides is 1. The molecule has 0 spiro atoms. The summed E-state index contributed by atoms with van der Waals surface area (Å²) < 4.78 is 26.9. The number of nitrogens with zero attached hydrogens (tertiary/aromatic N) is 2. The van der Waals surface area contributed by atoms with Crippen molar-refractivity contribution in [2.45, 2.75) is 30.7 Å². The van der Waals surface area contributed by atoms with Crippen molar-refractivity contribution < 1.29 is 13.2 Å². The fraction of sp³-hybridized carbons (Fsp3) is 0.389. The standard InChI is InChI=1S/C18H20N2O3S2/c21-18(19-10-6-17-15(13-19)7-11-24-17)14-4-3-5-16(12-14)25(22,23)20-8-1-2-9-20/h3-5,7,11-12H,1-2,6,8-10,13H2. The Hall–Kier alpha value is -1.70. The van der Waals surface area contributed by atoms with Crippen LogP contribution in [0, 0.1) is 0 Å². The first kappa shape index (κ1) is 16.8. The van der Waals surface area contributed by atoms with Crippen molar-refractivity contribution in [3.8, 4) is 0 Å². The van der Waals surface area contributed by atoms with Crippen LogP contribution in [-0.4, -0.2) is 43.2 Å². The fourth-order valence-corrected chi connectivity index (χ4v) is 5.92. The minimum Gasteiger partial charge on any atom is -0.334 e. The van der Waals surface area contributed by atoms with Gasteiger partial charge in [0.15, 0.2) is 0 Å². The zero-order chi connectivity index (χ0) is 17.4. The lowest BCUT2D eigenvalue weighted by atomic mass is 10.1. The molecule has 0 atom stereocenters. The molecule has 1 amide bonds. The molecule has 3 heterocycles. The van der Waals surface area contributed by atoms with Crippen LogP contribution in [0.15, 0.2) is 40.6 Å². The SMILES string of the molecule is O=C(c1cccc(S(=O)(=O)N2CCCC2)c1)N1CCc2sccc2C1. The molecule has 0 saturated carbocycles. The van der Waals surface area contributed by atoms with Gasteiger partial charge in [-0.15, -0.1) is 11.3 Å². The second kappa shape index (κ2) is 6.55. The molecule has 0 unspecified atom stereocenters. The Morgan fingerprint density at radius 2 is 1.88 bits per heavy atom. The third-order valence-corrected chi connectivity index (χ3v) is 7.80. The van der Waals surface area contributed by atoms with Crippen LogP contribution in [0.25, 0.3) is 0 Å². The van der Waals surface area contributed by atoms with Gasteiger partial charge >= 0.3 is 0 Å². The van der Waals surface area contributed by atoms with E-state index in [1.54, 1.807) is 34.4 Å². The van der Waals surface area contributed by atoms with Crippen molar-refractivity contribution in [3.63, 3.8) is 0 Å². The first-order chi connectivity index (χ1) is 12.1. The maximum atomic E-state index is 12.9. The Kier molecular flexibility index (Phi) is 4.39. The monoisotopic (exact) mass is 376 g/mol. The number of amides is 1. The molecule has 1 saturated heterocycles. The van der Waals surface area contributed by atoms with Crippen molar-refractivity contribution in [1.29, 1.82) is 0 Å². The predicted molar refractivity (Wildman–Crippen MR) is 97.2 cm³/mol. The number of rotatable bonds is 3. The van der Waals surface area contributed by atoms with Gasteiger partial charge in [0.1, 0.15) is 0 Å². The number of carbonyl (C=O) groups is 1. The Balaban J connectivity index is 1.58. The molecule has 0 bridgehead atoms. The summed E-state index contributed by atoms with van der Waals surface area (Å²) in [7, 11) is -3.50. The second-order valence-corrected chi connectivity index (χ2v) is 9.42. The molecule has 4 rings (SSSR count). The van der Waals surface area contributed by atoms with E-state index in [9.17, 15) is 13.2 Å². The molecule has 25 heavy (non-hydrogen) atoms. The third kappa shape index (κ3) is 3.12. The van der Waals surface area contributed by atoms with E-state index < -0.39 is 10.0 Å². The summed E-state index contributed by atoms with van der Waals surface area (Å²) in [5.41, 5.74) is 1.64. The van der Waals surface area contributed by atoms with Crippen LogP contribution in [0.5, 0.6) is 0 Å². The summed E-state index contributed by atoms with van der Waals surface area (Å²) in [4.78, 5) is 16.2. The molecule has 1 fully saturated rings. The largest absolute Gasteiger partial charge is 0.334 e. The van der Waals surface area contributed by atoms with Gasteiger partial charge in [0, 0.05) is 36.6 Å². The van der Waals surface area contributed by atoms with E-state index in [1.165, 1.54) is 20.8 Å². The highest BCUT2D eigenvalue weighted by molar-refractivity contribution is 7.89. The molecule has 1 aromatic heterocycles. The second-order valence-electron chi connectivity index (χ2n) is 6.48. The Morgan fingerprint density at radius 3 is 2.68 bits per heavy atom. The third-order valence-electron chi connectivity index (χ3n) is 4.88. The molecule has 0 aliphatic carbocycles. The lowest BCUT2D eigenvalue weighted by Gasteiger charge is -2.27. The predicted octanol–water partition coefficient (Wildman–Crippen LogP) is 2.73. The Bertz CT molecular complexity index is 899. The van der Waals surface area contributed by atoms with Gasteiger partial charge in [0.25, 0.3) is 5.91 Å². The smallest absolute Gasteiger partial charge is 0.254 e. The van der Waals surface area contributed by atoms with Crippen LogP contribution in [0.4, 0.5) is 0 Å². The van der Waals surface area contributed by atoms with Crippen LogP contribution in [0.2, 0.25) is 0 Å². The zero-order valence-corrected chi connectivity index (χ0v) is 15.5. The van der Waals surface area contributed by atoms with Crippen molar-refractivity contribution in [1.82, 2.24) is 9.21 Å². The van der Waals surface area contributed by atoms with Gasteiger partial charge in [-0.3, -0.25) is 4.79 Å². The summed E-state index contributed by atoms with van der Waals surface area (Å²) in [6, 6.07) is 8.54. The van der Waals surface area contributed by atoms with Gasteiger partial charge in [-0.25, -0.2) is 8.42 Å². The van der Waals surface area contributed by atoms with Crippen molar-refractivity contribution in [2.24, 2.45) is 0 Å². The lowest BCUT2D eigenvalue weighted by molar-refractivity contribution is 0.0735. The Labute approximate surface area is 151 Å². The number of benzene rings is 1. The first-order valence-electron chi connectivity index (χ1n) is 8.50. The summed E-state index contributed by atoms with van der Waals surface area (Å²) in [6.45, 7) is 2.40. The number of fused-ring (bicyclic) bond motifs is 1. The van der Waals surface area contributed by atoms with Crippen molar-refractivity contribution in [3.05, 3.63) is 51.7 Å². The first-order valence-corrected chi connectivity index (χ1v) is 10.8. The van der Waals surface area contributed by atoms with E-state index in [0.717, 1.165) is 19.3 Å². The summed E-state index contributed by atoms with van der Waals surface area (Å²) in [5.74, 6) is -0.102. The van der Waals surface area contributed by atoms with E-state index in [-0.39, 0.29) is 10.8 Å². The average molecular weight is 377 g/mol. The maximum Gasteiger partial charge on any atom is 0.254 e. The van der Waals surface area contributed by atoms with Crippen LogP contribution < -0.4 is 0 Å². The molecule has 0 radical (unpaired) electrons. The molecular formula is C18H20N2O3S2. The molecule has 7 heteroatoms. The molecule has 5 nitrogen and oxygen atoms in total. The van der Waals surface area contributed by atoms with Gasteiger partial charge < -0.3 is 4.90 Å². The van der Waals surface area contributed by atoms with Crippen LogP contribution in [0.1, 0.15) is 33.6 Å². The molecule has 2 aromatic rings. The minimum atomic E-state index is -3.50. The highest BCUT2D eigenvalue weighted by Crippen LogP contribution is 2.26. The number of carbonyl (C=O) groups excluding carboxylic acids is 1. The number of hydrogen-bond donors (Lipinski definition) is 0. The summed E-state index contributed by atoms with van der Waals surface area (Å²) >= 11 is 1.73. The summed E-state index contributed by atoms with van der Waals surface area (Å²) in [5, 5.41) is 2.06. The quantitative estimate of drug-likeness (QED) is 0.828. The van der Waals surface area contributed by atoms with Gasteiger partial charge in [-0.1, -0.05) is 6.07 Å². The topological polar surface area (TPSA) is 57.7 Å². The van der Waals surface area contributed by atoms with Gasteiger partial charge in [-0.05, 0) is 54.5 Å². The number of hydrogen-bond acceptors (Lipinski definition) is 4. The molecular weight excluding hydrogens is 356 g/mol. The maximum absolute atomic E-state index is 12.9.